The van der Waals surface area contributed by atoms with Gasteiger partial charge in [-0.25, -0.2) is 0 Å². The number of nitrogens with two attached hydrogens (primary N) is 1. The Kier molecular flexibility index (Phi) is 2.86. The van der Waals surface area contributed by atoms with Crippen LogP contribution >= 0.6 is 0 Å². The van der Waals surface area contributed by atoms with Crippen LogP contribution in [0, 0.1) is 0 Å². The van der Waals surface area contributed by atoms with Gasteiger partial charge < -0.3 is 10.7 Å². The van der Waals surface area contributed by atoms with Gasteiger partial charge in [0.1, 0.15) is 0 Å². The highest BCUT2D eigenvalue weighted by molar-refractivity contribution is 6.09. The molecule has 0 saturated carbocycles. The molecule has 2 heterocycles. The minimum absolute atomic E-state index is 0.182. The Morgan fingerprint density at radius 1 is 1.00 bits per heavy atom. The van der Waals surface area contributed by atoms with Gasteiger partial charge in [0, 0.05) is 17.4 Å². The van der Waals surface area contributed by atoms with Crippen molar-refractivity contribution in [3.63, 3.8) is 0 Å². The third kappa shape index (κ3) is 1.98. The van der Waals surface area contributed by atoms with Crippen molar-refractivity contribution in [1.82, 2.24) is 4.98 Å². The average Bonchev–Trinajstić information content (AvgIpc) is 2.94. The lowest BCUT2D eigenvalue weighted by Gasteiger charge is -2.19. The summed E-state index contributed by atoms with van der Waals surface area (Å²) in [6.45, 7) is 0.810. The van der Waals surface area contributed by atoms with Gasteiger partial charge in [0.2, 0.25) is 0 Å². The summed E-state index contributed by atoms with van der Waals surface area (Å²) in [6.07, 6.45) is 0.977. The van der Waals surface area contributed by atoms with Crippen molar-refractivity contribution in [3.8, 4) is 0 Å². The first-order chi connectivity index (χ1) is 10.3. The summed E-state index contributed by atoms with van der Waals surface area (Å²) < 4.78 is 0. The monoisotopic (exact) mass is 275 g/mol. The van der Waals surface area contributed by atoms with E-state index >= 15 is 0 Å². The SMILES string of the molecule is NC(C1=NCCc2c1[nH]c1ccccc21)c1ccccc1. The molecule has 0 bridgehead atoms. The number of aromatic nitrogens is 1. The molecule has 0 aliphatic carbocycles. The Bertz CT molecular complexity index is 815. The predicted molar refractivity (Wildman–Crippen MR) is 86.8 cm³/mol. The highest BCUT2D eigenvalue weighted by Crippen LogP contribution is 2.29. The Morgan fingerprint density at radius 2 is 1.76 bits per heavy atom. The number of aromatic amines is 1. The van der Waals surface area contributed by atoms with Crippen LogP contribution < -0.4 is 5.73 Å². The van der Waals surface area contributed by atoms with Crippen molar-refractivity contribution in [2.45, 2.75) is 12.5 Å². The number of H-pyrrole nitrogens is 1. The zero-order valence-electron chi connectivity index (χ0n) is 11.7. The van der Waals surface area contributed by atoms with E-state index in [2.05, 4.69) is 41.4 Å². The number of hydrogen-bond acceptors (Lipinski definition) is 2. The second kappa shape index (κ2) is 4.86. The van der Waals surface area contributed by atoms with Gasteiger partial charge in [-0.2, -0.15) is 0 Å². The molecule has 0 radical (unpaired) electrons. The molecule has 1 unspecified atom stereocenters. The lowest BCUT2D eigenvalue weighted by atomic mass is 9.95. The molecule has 0 fully saturated rings. The van der Waals surface area contributed by atoms with Crippen LogP contribution in [-0.2, 0) is 6.42 Å². The molecular weight excluding hydrogens is 258 g/mol. The molecule has 0 spiro atoms. The molecular formula is C18H17N3. The number of hydrogen-bond donors (Lipinski definition) is 2. The minimum Gasteiger partial charge on any atom is -0.353 e. The fourth-order valence-electron chi connectivity index (χ4n) is 3.12. The van der Waals surface area contributed by atoms with Crippen LogP contribution in [0.2, 0.25) is 0 Å². The molecule has 3 heteroatoms. The van der Waals surface area contributed by atoms with Crippen molar-refractivity contribution < 1.29 is 0 Å². The van der Waals surface area contributed by atoms with Gasteiger partial charge in [-0.05, 0) is 23.6 Å². The van der Waals surface area contributed by atoms with E-state index in [-0.39, 0.29) is 6.04 Å². The first-order valence-electron chi connectivity index (χ1n) is 7.29. The Hall–Kier alpha value is -2.39. The van der Waals surface area contributed by atoms with Gasteiger partial charge in [-0.1, -0.05) is 48.5 Å². The molecule has 3 N–H and O–H groups in total. The van der Waals surface area contributed by atoms with Crippen molar-refractivity contribution >= 4 is 16.6 Å². The summed E-state index contributed by atoms with van der Waals surface area (Å²) in [7, 11) is 0. The molecule has 1 aromatic heterocycles. The minimum atomic E-state index is -0.182. The molecule has 4 rings (SSSR count). The molecule has 1 aliphatic heterocycles. The van der Waals surface area contributed by atoms with E-state index in [1.807, 2.05) is 18.2 Å². The Labute approximate surface area is 123 Å². The standard InChI is InChI=1S/C18H17N3/c19-16(12-6-2-1-3-7-12)18-17-14(10-11-20-18)13-8-4-5-9-15(13)21-17/h1-9,16,21H,10-11,19H2. The average molecular weight is 275 g/mol. The van der Waals surface area contributed by atoms with Crippen LogP contribution in [0.3, 0.4) is 0 Å². The quantitative estimate of drug-likeness (QED) is 0.741. The van der Waals surface area contributed by atoms with E-state index in [9.17, 15) is 0 Å². The molecule has 0 saturated heterocycles. The van der Waals surface area contributed by atoms with Crippen molar-refractivity contribution in [2.75, 3.05) is 6.54 Å². The molecule has 104 valence electrons. The molecule has 21 heavy (non-hydrogen) atoms. The summed E-state index contributed by atoms with van der Waals surface area (Å²) in [5.41, 5.74) is 12.1. The highest BCUT2D eigenvalue weighted by Gasteiger charge is 2.24. The van der Waals surface area contributed by atoms with Crippen LogP contribution in [0.1, 0.15) is 22.9 Å². The first-order valence-corrected chi connectivity index (χ1v) is 7.29. The largest absolute Gasteiger partial charge is 0.353 e. The maximum Gasteiger partial charge on any atom is 0.0798 e. The molecule has 1 aliphatic rings. The number of fused-ring (bicyclic) bond motifs is 3. The van der Waals surface area contributed by atoms with Crippen LogP contribution in [0.4, 0.5) is 0 Å². The van der Waals surface area contributed by atoms with Crippen LogP contribution in [0.25, 0.3) is 10.9 Å². The predicted octanol–water partition coefficient (Wildman–Crippen LogP) is 3.21. The lowest BCUT2D eigenvalue weighted by Crippen LogP contribution is -2.26. The maximum absolute atomic E-state index is 6.46. The van der Waals surface area contributed by atoms with Gasteiger partial charge in [0.15, 0.2) is 0 Å². The number of aliphatic imine (C=N–C) groups is 1. The van der Waals surface area contributed by atoms with Gasteiger partial charge in [-0.15, -0.1) is 0 Å². The summed E-state index contributed by atoms with van der Waals surface area (Å²) in [5.74, 6) is 0. The zero-order valence-corrected chi connectivity index (χ0v) is 11.7. The van der Waals surface area contributed by atoms with Gasteiger partial charge in [0.25, 0.3) is 0 Å². The van der Waals surface area contributed by atoms with Gasteiger partial charge in [-0.3, -0.25) is 4.99 Å². The third-order valence-electron chi connectivity index (χ3n) is 4.17. The highest BCUT2D eigenvalue weighted by atomic mass is 14.9. The van der Waals surface area contributed by atoms with Crippen LogP contribution in [0.5, 0.6) is 0 Å². The summed E-state index contributed by atoms with van der Waals surface area (Å²) in [4.78, 5) is 8.21. The normalized spacial score (nSPS) is 15.6. The summed E-state index contributed by atoms with van der Waals surface area (Å²) in [6, 6.07) is 18.4. The Balaban J connectivity index is 1.84. The molecule has 3 nitrogen and oxygen atoms in total. The van der Waals surface area contributed by atoms with E-state index < -0.39 is 0 Å². The smallest absolute Gasteiger partial charge is 0.0798 e. The van der Waals surface area contributed by atoms with E-state index in [1.54, 1.807) is 0 Å². The fraction of sp³-hybridized carbons (Fsp3) is 0.167. The number of para-hydroxylation sites is 1. The second-order valence-electron chi connectivity index (χ2n) is 5.43. The van der Waals surface area contributed by atoms with E-state index in [1.165, 1.54) is 10.9 Å². The molecule has 3 aromatic rings. The molecule has 2 aromatic carbocycles. The molecule has 0 amide bonds. The number of benzene rings is 2. The van der Waals surface area contributed by atoms with Crippen molar-refractivity contribution in [1.29, 1.82) is 0 Å². The topological polar surface area (TPSA) is 54.2 Å². The van der Waals surface area contributed by atoms with Gasteiger partial charge in [0.05, 0.1) is 17.4 Å². The number of nitrogens with zero attached hydrogens (tertiary/aromatic N) is 1. The van der Waals surface area contributed by atoms with Crippen molar-refractivity contribution in [3.05, 3.63) is 71.4 Å². The maximum atomic E-state index is 6.46. The number of rotatable bonds is 2. The lowest BCUT2D eigenvalue weighted by molar-refractivity contribution is 0.882. The van der Waals surface area contributed by atoms with Crippen molar-refractivity contribution in [2.24, 2.45) is 10.7 Å². The van der Waals surface area contributed by atoms with Gasteiger partial charge >= 0.3 is 0 Å². The summed E-state index contributed by atoms with van der Waals surface area (Å²) in [5, 5.41) is 1.29. The summed E-state index contributed by atoms with van der Waals surface area (Å²) >= 11 is 0. The first kappa shape index (κ1) is 12.4. The number of nitrogens with one attached hydrogen (secondary N) is 1. The van der Waals surface area contributed by atoms with E-state index in [0.29, 0.717) is 0 Å². The second-order valence-corrected chi connectivity index (χ2v) is 5.43. The van der Waals surface area contributed by atoms with Crippen LogP contribution in [-0.4, -0.2) is 17.2 Å². The van der Waals surface area contributed by atoms with E-state index in [0.717, 1.165) is 35.5 Å². The van der Waals surface area contributed by atoms with E-state index in [4.69, 9.17) is 10.7 Å². The zero-order chi connectivity index (χ0) is 14.2. The van der Waals surface area contributed by atoms with Crippen LogP contribution in [0.15, 0.2) is 59.6 Å². The Morgan fingerprint density at radius 3 is 2.62 bits per heavy atom. The fourth-order valence-corrected chi connectivity index (χ4v) is 3.12. The molecule has 1 atom stereocenters. The third-order valence-corrected chi connectivity index (χ3v) is 4.17.